The quantitative estimate of drug-likeness (QED) is 0.779. The van der Waals surface area contributed by atoms with Crippen molar-refractivity contribution in [3.8, 4) is 6.07 Å². The highest BCUT2D eigenvalue weighted by molar-refractivity contribution is 5.33. The molecule has 1 aromatic carbocycles. The van der Waals surface area contributed by atoms with Crippen molar-refractivity contribution in [2.24, 2.45) is 0 Å². The standard InChI is InChI=1S/C14H13NO/c1-11-5-2-3-7-14(11)12(10-15)9-13-6-4-8-16-13/h2-8,12H,9H2,1H3. The van der Waals surface area contributed by atoms with Crippen molar-refractivity contribution in [1.29, 1.82) is 5.26 Å². The van der Waals surface area contributed by atoms with Crippen LogP contribution in [-0.4, -0.2) is 0 Å². The zero-order valence-electron chi connectivity index (χ0n) is 9.18. The van der Waals surface area contributed by atoms with Gasteiger partial charge in [-0.2, -0.15) is 5.26 Å². The lowest BCUT2D eigenvalue weighted by molar-refractivity contribution is 0.501. The van der Waals surface area contributed by atoms with Gasteiger partial charge in [-0.15, -0.1) is 0 Å². The van der Waals surface area contributed by atoms with E-state index in [1.807, 2.05) is 43.3 Å². The summed E-state index contributed by atoms with van der Waals surface area (Å²) in [5.41, 5.74) is 2.24. The average molecular weight is 211 g/mol. The number of hydrogen-bond donors (Lipinski definition) is 0. The minimum atomic E-state index is -0.132. The summed E-state index contributed by atoms with van der Waals surface area (Å²) in [6, 6.07) is 14.1. The molecule has 2 heteroatoms. The van der Waals surface area contributed by atoms with Crippen LogP contribution >= 0.6 is 0 Å². The first-order valence-corrected chi connectivity index (χ1v) is 5.29. The number of benzene rings is 1. The molecule has 1 atom stereocenters. The molecule has 80 valence electrons. The smallest absolute Gasteiger partial charge is 0.105 e. The van der Waals surface area contributed by atoms with Gasteiger partial charge in [-0.3, -0.25) is 0 Å². The fraction of sp³-hybridized carbons (Fsp3) is 0.214. The number of hydrogen-bond acceptors (Lipinski definition) is 2. The van der Waals surface area contributed by atoms with Crippen molar-refractivity contribution < 1.29 is 4.42 Å². The van der Waals surface area contributed by atoms with Crippen LogP contribution in [0.15, 0.2) is 47.1 Å². The molecule has 0 fully saturated rings. The summed E-state index contributed by atoms with van der Waals surface area (Å²) in [7, 11) is 0. The molecule has 16 heavy (non-hydrogen) atoms. The monoisotopic (exact) mass is 211 g/mol. The van der Waals surface area contributed by atoms with E-state index in [-0.39, 0.29) is 5.92 Å². The first-order valence-electron chi connectivity index (χ1n) is 5.29. The maximum Gasteiger partial charge on any atom is 0.105 e. The molecule has 0 saturated carbocycles. The minimum absolute atomic E-state index is 0.132. The zero-order valence-corrected chi connectivity index (χ0v) is 9.18. The van der Waals surface area contributed by atoms with Gasteiger partial charge >= 0.3 is 0 Å². The minimum Gasteiger partial charge on any atom is -0.469 e. The number of nitrogens with zero attached hydrogens (tertiary/aromatic N) is 1. The lowest BCUT2D eigenvalue weighted by Gasteiger charge is -2.10. The van der Waals surface area contributed by atoms with E-state index in [9.17, 15) is 5.26 Å². The fourth-order valence-corrected chi connectivity index (χ4v) is 1.83. The summed E-state index contributed by atoms with van der Waals surface area (Å²) in [5.74, 6) is 0.724. The van der Waals surface area contributed by atoms with Crippen LogP contribution in [0.2, 0.25) is 0 Å². The van der Waals surface area contributed by atoms with Gasteiger partial charge in [-0.05, 0) is 30.2 Å². The van der Waals surface area contributed by atoms with Crippen LogP contribution < -0.4 is 0 Å². The summed E-state index contributed by atoms with van der Waals surface area (Å²) < 4.78 is 5.28. The van der Waals surface area contributed by atoms with E-state index in [0.717, 1.165) is 16.9 Å². The maximum atomic E-state index is 9.21. The molecule has 0 spiro atoms. The van der Waals surface area contributed by atoms with Gasteiger partial charge in [0, 0.05) is 6.42 Å². The predicted octanol–water partition coefficient (Wildman–Crippen LogP) is 3.44. The number of nitriles is 1. The van der Waals surface area contributed by atoms with Crippen LogP contribution in [0.25, 0.3) is 0 Å². The Morgan fingerprint density at radius 3 is 2.69 bits per heavy atom. The average Bonchev–Trinajstić information content (AvgIpc) is 2.80. The lowest BCUT2D eigenvalue weighted by Crippen LogP contribution is -2.01. The van der Waals surface area contributed by atoms with Crippen molar-refractivity contribution in [1.82, 2.24) is 0 Å². The van der Waals surface area contributed by atoms with Gasteiger partial charge in [-0.25, -0.2) is 0 Å². The molecule has 0 bridgehead atoms. The Bertz CT molecular complexity index is 494. The SMILES string of the molecule is Cc1ccccc1C(C#N)Cc1ccco1. The second-order valence-electron chi connectivity index (χ2n) is 3.82. The predicted molar refractivity (Wildman–Crippen MR) is 61.9 cm³/mol. The Morgan fingerprint density at radius 1 is 1.25 bits per heavy atom. The Hall–Kier alpha value is -2.01. The van der Waals surface area contributed by atoms with Gasteiger partial charge in [0.1, 0.15) is 5.76 Å². The number of rotatable bonds is 3. The van der Waals surface area contributed by atoms with Crippen molar-refractivity contribution in [2.75, 3.05) is 0 Å². The second-order valence-corrected chi connectivity index (χ2v) is 3.82. The van der Waals surface area contributed by atoms with E-state index < -0.39 is 0 Å². The van der Waals surface area contributed by atoms with Crippen molar-refractivity contribution in [2.45, 2.75) is 19.3 Å². The number of aryl methyl sites for hydroxylation is 1. The molecule has 2 nitrogen and oxygen atoms in total. The van der Waals surface area contributed by atoms with E-state index in [2.05, 4.69) is 6.07 Å². The second kappa shape index (κ2) is 4.67. The third-order valence-electron chi connectivity index (χ3n) is 2.71. The Labute approximate surface area is 95.1 Å². The van der Waals surface area contributed by atoms with Gasteiger partial charge in [0.25, 0.3) is 0 Å². The molecule has 0 radical (unpaired) electrons. The Balaban J connectivity index is 2.24. The molecule has 0 aliphatic rings. The highest BCUT2D eigenvalue weighted by atomic mass is 16.3. The summed E-state index contributed by atoms with van der Waals surface area (Å²) >= 11 is 0. The molecule has 0 amide bonds. The normalized spacial score (nSPS) is 12.0. The summed E-state index contributed by atoms with van der Waals surface area (Å²) in [5, 5.41) is 9.21. The molecule has 0 aliphatic carbocycles. The molecule has 2 rings (SSSR count). The molecule has 0 aliphatic heterocycles. The Morgan fingerprint density at radius 2 is 2.06 bits per heavy atom. The van der Waals surface area contributed by atoms with Gasteiger partial charge < -0.3 is 4.42 Å². The van der Waals surface area contributed by atoms with Crippen LogP contribution in [0.1, 0.15) is 22.8 Å². The largest absolute Gasteiger partial charge is 0.469 e. The van der Waals surface area contributed by atoms with E-state index >= 15 is 0 Å². The van der Waals surface area contributed by atoms with E-state index in [0.29, 0.717) is 6.42 Å². The third-order valence-corrected chi connectivity index (χ3v) is 2.71. The molecule has 1 aromatic heterocycles. The van der Waals surface area contributed by atoms with E-state index in [4.69, 9.17) is 4.42 Å². The zero-order chi connectivity index (χ0) is 11.4. The number of furan rings is 1. The van der Waals surface area contributed by atoms with Crippen molar-refractivity contribution >= 4 is 0 Å². The van der Waals surface area contributed by atoms with Gasteiger partial charge in [0.15, 0.2) is 0 Å². The van der Waals surface area contributed by atoms with Gasteiger partial charge in [0.2, 0.25) is 0 Å². The summed E-state index contributed by atoms with van der Waals surface area (Å²) in [6.45, 7) is 2.03. The van der Waals surface area contributed by atoms with Crippen LogP contribution in [0.3, 0.4) is 0 Å². The van der Waals surface area contributed by atoms with Crippen molar-refractivity contribution in [3.05, 3.63) is 59.5 Å². The highest BCUT2D eigenvalue weighted by Gasteiger charge is 2.14. The molecule has 0 saturated heterocycles. The first-order chi connectivity index (χ1) is 7.81. The third kappa shape index (κ3) is 2.14. The maximum absolute atomic E-state index is 9.21. The topological polar surface area (TPSA) is 36.9 Å². The summed E-state index contributed by atoms with van der Waals surface area (Å²) in [6.07, 6.45) is 2.27. The van der Waals surface area contributed by atoms with Crippen molar-refractivity contribution in [3.63, 3.8) is 0 Å². The molecular weight excluding hydrogens is 198 g/mol. The molecule has 2 aromatic rings. The fourth-order valence-electron chi connectivity index (χ4n) is 1.83. The summed E-state index contributed by atoms with van der Waals surface area (Å²) in [4.78, 5) is 0. The van der Waals surface area contributed by atoms with Crippen LogP contribution in [-0.2, 0) is 6.42 Å². The van der Waals surface area contributed by atoms with Crippen LogP contribution in [0, 0.1) is 18.3 Å². The molecule has 0 N–H and O–H groups in total. The van der Waals surface area contributed by atoms with Crippen LogP contribution in [0.4, 0.5) is 0 Å². The Kier molecular flexibility index (Phi) is 3.07. The molecular formula is C14H13NO. The van der Waals surface area contributed by atoms with Crippen LogP contribution in [0.5, 0.6) is 0 Å². The van der Waals surface area contributed by atoms with Gasteiger partial charge in [0.05, 0.1) is 18.3 Å². The molecule has 1 unspecified atom stereocenters. The molecule has 1 heterocycles. The van der Waals surface area contributed by atoms with E-state index in [1.54, 1.807) is 6.26 Å². The van der Waals surface area contributed by atoms with E-state index in [1.165, 1.54) is 0 Å². The lowest BCUT2D eigenvalue weighted by atomic mass is 9.92. The first kappa shape index (κ1) is 10.5. The highest BCUT2D eigenvalue weighted by Crippen LogP contribution is 2.23. The van der Waals surface area contributed by atoms with Gasteiger partial charge in [-0.1, -0.05) is 24.3 Å².